The molecule has 0 radical (unpaired) electrons. The summed E-state index contributed by atoms with van der Waals surface area (Å²) in [5.41, 5.74) is 2.01. The molecule has 0 spiro atoms. The Morgan fingerprint density at radius 3 is 2.48 bits per heavy atom. The number of aryl methyl sites for hydroxylation is 1. The number of benzene rings is 1. The molecule has 0 saturated carbocycles. The minimum Gasteiger partial charge on any atom is -0.367 e. The van der Waals surface area contributed by atoms with Gasteiger partial charge in [-0.25, -0.2) is 4.98 Å². The maximum absolute atomic E-state index is 12.4. The van der Waals surface area contributed by atoms with Gasteiger partial charge in [0, 0.05) is 52.0 Å². The van der Waals surface area contributed by atoms with E-state index in [0.29, 0.717) is 19.7 Å². The molecule has 7 nitrogen and oxygen atoms in total. The number of carbonyl (C=O) groups excluding carboxylic acids is 1. The van der Waals surface area contributed by atoms with Gasteiger partial charge in [0.15, 0.2) is 0 Å². The normalized spacial score (nSPS) is 14.3. The molecule has 3 rings (SSSR count). The van der Waals surface area contributed by atoms with Crippen molar-refractivity contribution in [3.63, 3.8) is 0 Å². The third kappa shape index (κ3) is 5.17. The monoisotopic (exact) mass is 369 g/mol. The number of amides is 1. The second-order valence-corrected chi connectivity index (χ2v) is 6.91. The van der Waals surface area contributed by atoms with E-state index in [0.717, 1.165) is 36.1 Å². The van der Waals surface area contributed by atoms with Crippen LogP contribution in [0.4, 0.5) is 11.8 Å². The van der Waals surface area contributed by atoms with Crippen LogP contribution in [-0.4, -0.2) is 67.7 Å². The smallest absolute Gasteiger partial charge is 0.248 e. The second-order valence-electron chi connectivity index (χ2n) is 6.91. The van der Waals surface area contributed by atoms with Gasteiger partial charge in [-0.1, -0.05) is 30.3 Å². The molecule has 0 aliphatic carbocycles. The van der Waals surface area contributed by atoms with Crippen LogP contribution >= 0.6 is 0 Å². The van der Waals surface area contributed by atoms with Gasteiger partial charge in [0.05, 0.1) is 6.61 Å². The molecule has 1 aromatic carbocycles. The minimum absolute atomic E-state index is 0.0322. The Morgan fingerprint density at radius 1 is 1.11 bits per heavy atom. The molecule has 0 bridgehead atoms. The topological polar surface area (TPSA) is 61.8 Å². The van der Waals surface area contributed by atoms with Gasteiger partial charge in [0.2, 0.25) is 11.9 Å². The summed E-state index contributed by atoms with van der Waals surface area (Å²) in [6, 6.07) is 11.9. The van der Waals surface area contributed by atoms with Gasteiger partial charge >= 0.3 is 0 Å². The van der Waals surface area contributed by atoms with Crippen LogP contribution in [0.1, 0.15) is 11.3 Å². The zero-order valence-corrected chi connectivity index (χ0v) is 16.3. The van der Waals surface area contributed by atoms with E-state index in [1.54, 1.807) is 0 Å². The van der Waals surface area contributed by atoms with Crippen molar-refractivity contribution >= 4 is 17.7 Å². The molecule has 1 aliphatic rings. The first-order valence-electron chi connectivity index (χ1n) is 9.20. The zero-order chi connectivity index (χ0) is 19.2. The lowest BCUT2D eigenvalue weighted by Crippen LogP contribution is -2.50. The molecule has 2 aromatic rings. The Hall–Kier alpha value is -2.67. The first-order valence-corrected chi connectivity index (χ1v) is 9.20. The van der Waals surface area contributed by atoms with Gasteiger partial charge in [0.25, 0.3) is 0 Å². The van der Waals surface area contributed by atoms with Crippen molar-refractivity contribution in [1.82, 2.24) is 14.9 Å². The lowest BCUT2D eigenvalue weighted by molar-refractivity contribution is -0.136. The molecular formula is C20H27N5O2. The van der Waals surface area contributed by atoms with Crippen LogP contribution in [0.2, 0.25) is 0 Å². The Morgan fingerprint density at radius 2 is 1.81 bits per heavy atom. The van der Waals surface area contributed by atoms with E-state index in [9.17, 15) is 4.79 Å². The highest BCUT2D eigenvalue weighted by atomic mass is 16.5. The van der Waals surface area contributed by atoms with E-state index in [2.05, 4.69) is 14.9 Å². The zero-order valence-electron chi connectivity index (χ0n) is 16.3. The fourth-order valence-corrected chi connectivity index (χ4v) is 2.98. The van der Waals surface area contributed by atoms with Gasteiger partial charge in [-0.05, 0) is 12.5 Å². The molecule has 0 unspecified atom stereocenters. The summed E-state index contributed by atoms with van der Waals surface area (Å²) in [4.78, 5) is 27.5. The first kappa shape index (κ1) is 19.1. The van der Waals surface area contributed by atoms with Gasteiger partial charge < -0.3 is 19.4 Å². The predicted molar refractivity (Wildman–Crippen MR) is 106 cm³/mol. The van der Waals surface area contributed by atoms with Crippen molar-refractivity contribution in [2.24, 2.45) is 0 Å². The van der Waals surface area contributed by atoms with Crippen molar-refractivity contribution in [3.8, 4) is 0 Å². The molecule has 1 aromatic heterocycles. The highest BCUT2D eigenvalue weighted by Crippen LogP contribution is 2.17. The summed E-state index contributed by atoms with van der Waals surface area (Å²) in [5.74, 6) is 1.65. The van der Waals surface area contributed by atoms with Crippen LogP contribution < -0.4 is 9.80 Å². The first-order chi connectivity index (χ1) is 13.0. The second kappa shape index (κ2) is 8.81. The van der Waals surface area contributed by atoms with Crippen molar-refractivity contribution in [2.75, 3.05) is 56.7 Å². The third-order valence-corrected chi connectivity index (χ3v) is 4.54. The van der Waals surface area contributed by atoms with Crippen LogP contribution in [0.3, 0.4) is 0 Å². The summed E-state index contributed by atoms with van der Waals surface area (Å²) < 4.78 is 5.57. The van der Waals surface area contributed by atoms with Crippen molar-refractivity contribution < 1.29 is 9.53 Å². The van der Waals surface area contributed by atoms with Crippen LogP contribution in [0.15, 0.2) is 36.4 Å². The van der Waals surface area contributed by atoms with Crippen LogP contribution in [-0.2, 0) is 16.1 Å². The van der Waals surface area contributed by atoms with Crippen molar-refractivity contribution in [2.45, 2.75) is 13.5 Å². The predicted octanol–water partition coefficient (Wildman–Crippen LogP) is 1.72. The molecule has 0 N–H and O–H groups in total. The number of carbonyl (C=O) groups is 1. The average molecular weight is 369 g/mol. The molecule has 1 saturated heterocycles. The fraction of sp³-hybridized carbons (Fsp3) is 0.450. The van der Waals surface area contributed by atoms with Gasteiger partial charge in [-0.15, -0.1) is 0 Å². The van der Waals surface area contributed by atoms with E-state index in [1.807, 2.05) is 67.2 Å². The van der Waals surface area contributed by atoms with E-state index in [4.69, 9.17) is 4.74 Å². The largest absolute Gasteiger partial charge is 0.367 e. The molecule has 2 heterocycles. The summed E-state index contributed by atoms with van der Waals surface area (Å²) in [7, 11) is 3.94. The molecule has 1 aliphatic heterocycles. The number of rotatable bonds is 6. The van der Waals surface area contributed by atoms with E-state index in [-0.39, 0.29) is 12.5 Å². The third-order valence-electron chi connectivity index (χ3n) is 4.54. The van der Waals surface area contributed by atoms with Gasteiger partial charge in [-0.3, -0.25) is 4.79 Å². The summed E-state index contributed by atoms with van der Waals surface area (Å²) in [6.45, 7) is 5.30. The highest BCUT2D eigenvalue weighted by molar-refractivity contribution is 5.77. The number of piperazine rings is 1. The summed E-state index contributed by atoms with van der Waals surface area (Å²) in [6.07, 6.45) is 0. The van der Waals surface area contributed by atoms with E-state index >= 15 is 0 Å². The maximum Gasteiger partial charge on any atom is 0.248 e. The Balaban J connectivity index is 1.49. The van der Waals surface area contributed by atoms with Crippen LogP contribution in [0.5, 0.6) is 0 Å². The quantitative estimate of drug-likeness (QED) is 0.773. The molecular weight excluding hydrogens is 342 g/mol. The molecule has 144 valence electrons. The van der Waals surface area contributed by atoms with Crippen LogP contribution in [0, 0.1) is 6.92 Å². The molecule has 1 fully saturated rings. The number of aromatic nitrogens is 2. The van der Waals surface area contributed by atoms with Crippen molar-refractivity contribution in [3.05, 3.63) is 47.7 Å². The highest BCUT2D eigenvalue weighted by Gasteiger charge is 2.23. The Kier molecular flexibility index (Phi) is 6.24. The lowest BCUT2D eigenvalue weighted by Gasteiger charge is -2.35. The maximum atomic E-state index is 12.4. The van der Waals surface area contributed by atoms with E-state index in [1.165, 1.54) is 0 Å². The molecule has 7 heteroatoms. The standard InChI is InChI=1S/C20H27N5O2/c1-16-13-18(23(2)3)22-20(21-16)25-11-9-24(10-12-25)19(26)15-27-14-17-7-5-4-6-8-17/h4-8,13H,9-12,14-15H2,1-3H3. The van der Waals surface area contributed by atoms with Crippen LogP contribution in [0.25, 0.3) is 0 Å². The summed E-state index contributed by atoms with van der Waals surface area (Å²) >= 11 is 0. The number of hydrogen-bond donors (Lipinski definition) is 0. The average Bonchev–Trinajstić information content (AvgIpc) is 2.68. The number of hydrogen-bond acceptors (Lipinski definition) is 6. The minimum atomic E-state index is 0.0322. The van der Waals surface area contributed by atoms with E-state index < -0.39 is 0 Å². The molecule has 1 amide bonds. The Labute approximate surface area is 160 Å². The van der Waals surface area contributed by atoms with Crippen molar-refractivity contribution in [1.29, 1.82) is 0 Å². The number of nitrogens with zero attached hydrogens (tertiary/aromatic N) is 5. The fourth-order valence-electron chi connectivity index (χ4n) is 2.98. The Bertz CT molecular complexity index is 758. The number of anilines is 2. The molecule has 27 heavy (non-hydrogen) atoms. The summed E-state index contributed by atoms with van der Waals surface area (Å²) in [5, 5.41) is 0. The molecule has 0 atom stereocenters. The van der Waals surface area contributed by atoms with Gasteiger partial charge in [-0.2, -0.15) is 4.98 Å². The van der Waals surface area contributed by atoms with Gasteiger partial charge in [0.1, 0.15) is 12.4 Å². The lowest BCUT2D eigenvalue weighted by atomic mass is 10.2. The SMILES string of the molecule is Cc1cc(N(C)C)nc(N2CCN(C(=O)COCc3ccccc3)CC2)n1. The number of ether oxygens (including phenoxy) is 1.